The van der Waals surface area contributed by atoms with E-state index in [4.69, 9.17) is 23.2 Å². The molecular weight excluding hydrogens is 376 g/mol. The quantitative estimate of drug-likeness (QED) is 0.630. The number of anilines is 2. The lowest BCUT2D eigenvalue weighted by molar-refractivity contribution is 0.0945. The summed E-state index contributed by atoms with van der Waals surface area (Å²) in [5.41, 5.74) is 1.93. The normalized spacial score (nSPS) is 10.4. The molecule has 3 rings (SSSR count). The van der Waals surface area contributed by atoms with Crippen molar-refractivity contribution in [1.29, 1.82) is 0 Å². The molecule has 0 aliphatic carbocycles. The van der Waals surface area contributed by atoms with Gasteiger partial charge in [-0.25, -0.2) is 9.37 Å². The van der Waals surface area contributed by atoms with Gasteiger partial charge in [0.2, 0.25) is 0 Å². The first kappa shape index (κ1) is 18.2. The molecule has 2 aromatic carbocycles. The number of benzene rings is 2. The molecule has 0 saturated carbocycles. The monoisotopic (exact) mass is 389 g/mol. The zero-order valence-electron chi connectivity index (χ0n) is 13.5. The second-order valence-corrected chi connectivity index (χ2v) is 6.30. The van der Waals surface area contributed by atoms with Crippen LogP contribution in [0.5, 0.6) is 0 Å². The molecule has 132 valence electrons. The van der Waals surface area contributed by atoms with Crippen LogP contribution in [0.3, 0.4) is 0 Å². The van der Waals surface area contributed by atoms with Crippen molar-refractivity contribution in [3.8, 4) is 0 Å². The molecule has 0 aliphatic heterocycles. The van der Waals surface area contributed by atoms with E-state index < -0.39 is 0 Å². The number of pyridine rings is 1. The molecule has 1 aromatic heterocycles. The zero-order chi connectivity index (χ0) is 18.5. The molecule has 4 nitrogen and oxygen atoms in total. The molecule has 0 radical (unpaired) electrons. The second kappa shape index (κ2) is 8.17. The van der Waals surface area contributed by atoms with Crippen molar-refractivity contribution in [1.82, 2.24) is 10.3 Å². The summed E-state index contributed by atoms with van der Waals surface area (Å²) in [5, 5.41) is 6.79. The van der Waals surface area contributed by atoms with Gasteiger partial charge in [-0.3, -0.25) is 4.79 Å². The van der Waals surface area contributed by atoms with Crippen molar-refractivity contribution >= 4 is 40.5 Å². The summed E-state index contributed by atoms with van der Waals surface area (Å²) in [5.74, 6) is -0.751. The van der Waals surface area contributed by atoms with Crippen LogP contribution in [0.2, 0.25) is 10.0 Å². The average Bonchev–Trinajstić information content (AvgIpc) is 2.64. The predicted octanol–water partition coefficient (Wildman–Crippen LogP) is 5.20. The van der Waals surface area contributed by atoms with Crippen LogP contribution in [-0.4, -0.2) is 10.9 Å². The van der Waals surface area contributed by atoms with E-state index in [1.165, 1.54) is 12.3 Å². The molecule has 0 spiro atoms. The summed E-state index contributed by atoms with van der Waals surface area (Å²) in [4.78, 5) is 16.3. The standard InChI is InChI=1S/C19H14Cl2FN3O/c20-13-5-7-15(21)18(9-13)25-14-6-8-17(23-11-14)19(26)24-10-12-3-1-2-4-16(12)22/h1-9,11,25H,10H2,(H,24,26). The summed E-state index contributed by atoms with van der Waals surface area (Å²) in [6.07, 6.45) is 1.51. The highest BCUT2D eigenvalue weighted by atomic mass is 35.5. The topological polar surface area (TPSA) is 54.0 Å². The lowest BCUT2D eigenvalue weighted by atomic mass is 10.2. The third kappa shape index (κ3) is 4.50. The van der Waals surface area contributed by atoms with E-state index in [0.29, 0.717) is 27.0 Å². The second-order valence-electron chi connectivity index (χ2n) is 5.46. The van der Waals surface area contributed by atoms with E-state index in [9.17, 15) is 9.18 Å². The van der Waals surface area contributed by atoms with Crippen molar-refractivity contribution < 1.29 is 9.18 Å². The number of aromatic nitrogens is 1. The third-order valence-corrected chi connectivity index (χ3v) is 4.17. The number of nitrogens with zero attached hydrogens (tertiary/aromatic N) is 1. The molecule has 1 heterocycles. The van der Waals surface area contributed by atoms with Gasteiger partial charge in [0.25, 0.3) is 5.91 Å². The van der Waals surface area contributed by atoms with Gasteiger partial charge in [-0.2, -0.15) is 0 Å². The number of halogens is 3. The molecule has 0 unspecified atom stereocenters. The Kier molecular flexibility index (Phi) is 5.71. The van der Waals surface area contributed by atoms with Gasteiger partial charge in [-0.1, -0.05) is 41.4 Å². The molecule has 1 amide bonds. The van der Waals surface area contributed by atoms with Gasteiger partial charge >= 0.3 is 0 Å². The Bertz CT molecular complexity index is 932. The van der Waals surface area contributed by atoms with Crippen LogP contribution in [0.1, 0.15) is 16.1 Å². The molecule has 0 fully saturated rings. The first-order chi connectivity index (χ1) is 12.5. The summed E-state index contributed by atoms with van der Waals surface area (Å²) < 4.78 is 13.6. The number of hydrogen-bond donors (Lipinski definition) is 2. The van der Waals surface area contributed by atoms with Crippen LogP contribution in [0.4, 0.5) is 15.8 Å². The van der Waals surface area contributed by atoms with Gasteiger partial charge in [0.05, 0.1) is 22.6 Å². The highest BCUT2D eigenvalue weighted by molar-refractivity contribution is 6.35. The fourth-order valence-corrected chi connectivity index (χ4v) is 2.60. The van der Waals surface area contributed by atoms with Crippen molar-refractivity contribution in [2.45, 2.75) is 6.54 Å². The molecule has 2 N–H and O–H groups in total. The number of rotatable bonds is 5. The fraction of sp³-hybridized carbons (Fsp3) is 0.0526. The number of carbonyl (C=O) groups is 1. The Labute approximate surface area is 160 Å². The molecule has 7 heteroatoms. The summed E-state index contributed by atoms with van der Waals surface area (Å²) in [6, 6.07) is 14.6. The molecule has 0 saturated heterocycles. The number of amides is 1. The maximum Gasteiger partial charge on any atom is 0.270 e. The van der Waals surface area contributed by atoms with Crippen molar-refractivity contribution in [2.75, 3.05) is 5.32 Å². The first-order valence-corrected chi connectivity index (χ1v) is 8.48. The zero-order valence-corrected chi connectivity index (χ0v) is 15.0. The van der Waals surface area contributed by atoms with E-state index in [1.807, 2.05) is 0 Å². The maximum absolute atomic E-state index is 13.6. The highest BCUT2D eigenvalue weighted by Gasteiger charge is 2.09. The van der Waals surface area contributed by atoms with Crippen LogP contribution >= 0.6 is 23.2 Å². The van der Waals surface area contributed by atoms with E-state index in [1.54, 1.807) is 48.5 Å². The van der Waals surface area contributed by atoms with Crippen molar-refractivity contribution in [3.63, 3.8) is 0 Å². The van der Waals surface area contributed by atoms with Crippen LogP contribution in [0.15, 0.2) is 60.8 Å². The van der Waals surface area contributed by atoms with Crippen LogP contribution in [0.25, 0.3) is 0 Å². The first-order valence-electron chi connectivity index (χ1n) is 7.72. The van der Waals surface area contributed by atoms with E-state index in [0.717, 1.165) is 0 Å². The van der Waals surface area contributed by atoms with Crippen molar-refractivity contribution in [3.05, 3.63) is 87.9 Å². The average molecular weight is 390 g/mol. The van der Waals surface area contributed by atoms with Crippen LogP contribution in [-0.2, 0) is 6.54 Å². The minimum atomic E-state index is -0.388. The number of nitrogens with one attached hydrogen (secondary N) is 2. The summed E-state index contributed by atoms with van der Waals surface area (Å²) in [7, 11) is 0. The van der Waals surface area contributed by atoms with Gasteiger partial charge in [-0.05, 0) is 36.4 Å². The Morgan fingerprint density at radius 3 is 2.62 bits per heavy atom. The summed E-state index contributed by atoms with van der Waals surface area (Å²) in [6.45, 7) is 0.0886. The molecular formula is C19H14Cl2FN3O. The van der Waals surface area contributed by atoms with E-state index >= 15 is 0 Å². The van der Waals surface area contributed by atoms with Gasteiger partial charge in [0.15, 0.2) is 0 Å². The van der Waals surface area contributed by atoms with E-state index in [2.05, 4.69) is 15.6 Å². The highest BCUT2D eigenvalue weighted by Crippen LogP contribution is 2.28. The Morgan fingerprint density at radius 1 is 1.08 bits per heavy atom. The molecule has 3 aromatic rings. The lowest BCUT2D eigenvalue weighted by Gasteiger charge is -2.09. The van der Waals surface area contributed by atoms with Gasteiger partial charge in [0.1, 0.15) is 11.5 Å². The van der Waals surface area contributed by atoms with Gasteiger partial charge in [-0.15, -0.1) is 0 Å². The van der Waals surface area contributed by atoms with Gasteiger partial charge < -0.3 is 10.6 Å². The third-order valence-electron chi connectivity index (χ3n) is 3.60. The Balaban J connectivity index is 1.64. The molecule has 0 aliphatic rings. The lowest BCUT2D eigenvalue weighted by Crippen LogP contribution is -2.24. The maximum atomic E-state index is 13.6. The Hall–Kier alpha value is -2.63. The fourth-order valence-electron chi connectivity index (χ4n) is 2.26. The van der Waals surface area contributed by atoms with E-state index in [-0.39, 0.29) is 24.0 Å². The molecule has 0 atom stereocenters. The Morgan fingerprint density at radius 2 is 1.88 bits per heavy atom. The van der Waals surface area contributed by atoms with Gasteiger partial charge in [0, 0.05) is 17.1 Å². The smallest absolute Gasteiger partial charge is 0.270 e. The van der Waals surface area contributed by atoms with Crippen molar-refractivity contribution in [2.24, 2.45) is 0 Å². The SMILES string of the molecule is O=C(NCc1ccccc1F)c1ccc(Nc2cc(Cl)ccc2Cl)cn1. The minimum absolute atomic E-state index is 0.0886. The molecule has 0 bridgehead atoms. The number of hydrogen-bond acceptors (Lipinski definition) is 3. The number of carbonyl (C=O) groups excluding carboxylic acids is 1. The van der Waals surface area contributed by atoms with Crippen LogP contribution < -0.4 is 10.6 Å². The van der Waals surface area contributed by atoms with Crippen LogP contribution in [0, 0.1) is 5.82 Å². The summed E-state index contributed by atoms with van der Waals surface area (Å²) >= 11 is 12.1. The largest absolute Gasteiger partial charge is 0.353 e. The predicted molar refractivity (Wildman–Crippen MR) is 102 cm³/mol. The molecule has 26 heavy (non-hydrogen) atoms. The minimum Gasteiger partial charge on any atom is -0.353 e.